The molecule has 154 valence electrons. The van der Waals surface area contributed by atoms with Crippen LogP contribution >= 0.6 is 0 Å². The summed E-state index contributed by atoms with van der Waals surface area (Å²) in [5.41, 5.74) is 0.949. The van der Waals surface area contributed by atoms with E-state index in [1.165, 1.54) is 0 Å². The number of carbonyl (C=O) groups excluding carboxylic acids is 2. The van der Waals surface area contributed by atoms with Gasteiger partial charge in [-0.25, -0.2) is 0 Å². The van der Waals surface area contributed by atoms with Crippen LogP contribution in [0.5, 0.6) is 5.75 Å². The van der Waals surface area contributed by atoms with Crippen molar-refractivity contribution >= 4 is 11.8 Å². The fourth-order valence-corrected chi connectivity index (χ4v) is 3.52. The summed E-state index contributed by atoms with van der Waals surface area (Å²) in [4.78, 5) is 26.7. The SMILES string of the molecule is O=C(NC(CN1CCCC1=O)c1ccccc1)c1ccc(COc2ccccc2)o1. The van der Waals surface area contributed by atoms with Crippen molar-refractivity contribution in [2.45, 2.75) is 25.5 Å². The topological polar surface area (TPSA) is 71.8 Å². The van der Waals surface area contributed by atoms with Gasteiger partial charge in [-0.3, -0.25) is 9.59 Å². The van der Waals surface area contributed by atoms with E-state index in [-0.39, 0.29) is 30.2 Å². The van der Waals surface area contributed by atoms with Crippen LogP contribution in [0.15, 0.2) is 77.2 Å². The molecule has 1 N–H and O–H groups in total. The molecule has 0 radical (unpaired) electrons. The van der Waals surface area contributed by atoms with Gasteiger partial charge in [0.2, 0.25) is 5.91 Å². The summed E-state index contributed by atoms with van der Waals surface area (Å²) in [5, 5.41) is 3.02. The Labute approximate surface area is 175 Å². The Bertz CT molecular complexity index is 985. The van der Waals surface area contributed by atoms with Gasteiger partial charge in [-0.1, -0.05) is 48.5 Å². The third-order valence-corrected chi connectivity index (χ3v) is 5.09. The van der Waals surface area contributed by atoms with Crippen LogP contribution in [0.1, 0.15) is 40.8 Å². The second-order valence-corrected chi connectivity index (χ2v) is 7.25. The first-order valence-electron chi connectivity index (χ1n) is 10.1. The molecular weight excluding hydrogens is 380 g/mol. The third kappa shape index (κ3) is 4.89. The number of hydrogen-bond donors (Lipinski definition) is 1. The molecule has 1 aliphatic heterocycles. The molecule has 6 heteroatoms. The van der Waals surface area contributed by atoms with E-state index in [1.54, 1.807) is 17.0 Å². The molecule has 2 heterocycles. The van der Waals surface area contributed by atoms with Crippen LogP contribution in [-0.2, 0) is 11.4 Å². The van der Waals surface area contributed by atoms with Crippen LogP contribution in [0.4, 0.5) is 0 Å². The van der Waals surface area contributed by atoms with Gasteiger partial charge in [-0.15, -0.1) is 0 Å². The Kier molecular flexibility index (Phi) is 6.13. The molecule has 0 saturated carbocycles. The maximum absolute atomic E-state index is 12.8. The first-order chi connectivity index (χ1) is 14.7. The predicted molar refractivity (Wildman–Crippen MR) is 112 cm³/mol. The Morgan fingerprint density at radius 3 is 2.47 bits per heavy atom. The molecule has 1 aliphatic rings. The molecule has 4 rings (SSSR count). The summed E-state index contributed by atoms with van der Waals surface area (Å²) >= 11 is 0. The molecule has 0 aliphatic carbocycles. The van der Waals surface area contributed by atoms with E-state index in [4.69, 9.17) is 9.15 Å². The number of furan rings is 1. The molecule has 6 nitrogen and oxygen atoms in total. The zero-order valence-electron chi connectivity index (χ0n) is 16.6. The van der Waals surface area contributed by atoms with E-state index >= 15 is 0 Å². The van der Waals surface area contributed by atoms with Crippen molar-refractivity contribution in [1.29, 1.82) is 0 Å². The number of nitrogens with one attached hydrogen (secondary N) is 1. The van der Waals surface area contributed by atoms with Crippen molar-refractivity contribution in [3.05, 3.63) is 89.9 Å². The lowest BCUT2D eigenvalue weighted by atomic mass is 10.1. The summed E-state index contributed by atoms with van der Waals surface area (Å²) in [6.45, 7) is 1.40. The van der Waals surface area contributed by atoms with Gasteiger partial charge in [0, 0.05) is 19.5 Å². The van der Waals surface area contributed by atoms with E-state index in [1.807, 2.05) is 60.7 Å². The van der Waals surface area contributed by atoms with Crippen LogP contribution in [-0.4, -0.2) is 29.8 Å². The zero-order valence-corrected chi connectivity index (χ0v) is 16.6. The molecule has 1 saturated heterocycles. The standard InChI is InChI=1S/C24H24N2O4/c27-23-12-7-15-26(23)16-21(18-8-3-1-4-9-18)25-24(28)22-14-13-20(30-22)17-29-19-10-5-2-6-11-19/h1-6,8-11,13-14,21H,7,12,15-17H2,(H,25,28). The average molecular weight is 404 g/mol. The highest BCUT2D eigenvalue weighted by Gasteiger charge is 2.26. The predicted octanol–water partition coefficient (Wildman–Crippen LogP) is 3.95. The summed E-state index contributed by atoms with van der Waals surface area (Å²) in [5.74, 6) is 1.33. The Hall–Kier alpha value is -3.54. The average Bonchev–Trinajstić information content (AvgIpc) is 3.42. The molecule has 2 aromatic carbocycles. The minimum atomic E-state index is -0.318. The van der Waals surface area contributed by atoms with E-state index in [0.29, 0.717) is 18.7 Å². The van der Waals surface area contributed by atoms with Gasteiger partial charge in [0.25, 0.3) is 5.91 Å². The molecule has 0 spiro atoms. The molecule has 1 unspecified atom stereocenters. The highest BCUT2D eigenvalue weighted by atomic mass is 16.5. The molecule has 3 aromatic rings. The first-order valence-corrected chi connectivity index (χ1v) is 10.1. The fourth-order valence-electron chi connectivity index (χ4n) is 3.52. The van der Waals surface area contributed by atoms with Crippen molar-refractivity contribution in [3.8, 4) is 5.75 Å². The van der Waals surface area contributed by atoms with E-state index < -0.39 is 0 Å². The number of likely N-dealkylation sites (tertiary alicyclic amines) is 1. The largest absolute Gasteiger partial charge is 0.486 e. The number of para-hydroxylation sites is 1. The highest BCUT2D eigenvalue weighted by molar-refractivity contribution is 5.91. The monoisotopic (exact) mass is 404 g/mol. The molecule has 0 bridgehead atoms. The molecule has 2 amide bonds. The van der Waals surface area contributed by atoms with E-state index in [2.05, 4.69) is 5.32 Å². The van der Waals surface area contributed by atoms with Crippen LogP contribution in [0, 0.1) is 0 Å². The summed E-state index contributed by atoms with van der Waals surface area (Å²) < 4.78 is 11.3. The Morgan fingerprint density at radius 2 is 1.77 bits per heavy atom. The fraction of sp³-hybridized carbons (Fsp3) is 0.250. The number of ether oxygens (including phenoxy) is 1. The molecule has 1 fully saturated rings. The number of hydrogen-bond acceptors (Lipinski definition) is 4. The lowest BCUT2D eigenvalue weighted by Crippen LogP contribution is -2.38. The summed E-state index contributed by atoms with van der Waals surface area (Å²) in [6, 6.07) is 22.2. The smallest absolute Gasteiger partial charge is 0.287 e. The van der Waals surface area contributed by atoms with Crippen LogP contribution in [0.2, 0.25) is 0 Å². The second kappa shape index (κ2) is 9.31. The van der Waals surface area contributed by atoms with Gasteiger partial charge in [0.1, 0.15) is 18.1 Å². The van der Waals surface area contributed by atoms with Gasteiger partial charge >= 0.3 is 0 Å². The zero-order chi connectivity index (χ0) is 20.8. The first kappa shape index (κ1) is 19.8. The van der Waals surface area contributed by atoms with Crippen LogP contribution in [0.25, 0.3) is 0 Å². The highest BCUT2D eigenvalue weighted by Crippen LogP contribution is 2.20. The van der Waals surface area contributed by atoms with Gasteiger partial charge < -0.3 is 19.4 Å². The minimum absolute atomic E-state index is 0.128. The lowest BCUT2D eigenvalue weighted by Gasteiger charge is -2.25. The normalized spacial score (nSPS) is 14.5. The van der Waals surface area contributed by atoms with Gasteiger partial charge in [0.15, 0.2) is 5.76 Å². The summed E-state index contributed by atoms with van der Waals surface area (Å²) in [6.07, 6.45) is 1.43. The number of carbonyl (C=O) groups is 2. The second-order valence-electron chi connectivity index (χ2n) is 7.25. The van der Waals surface area contributed by atoms with Crippen molar-refractivity contribution < 1.29 is 18.7 Å². The van der Waals surface area contributed by atoms with Crippen molar-refractivity contribution in [1.82, 2.24) is 10.2 Å². The van der Waals surface area contributed by atoms with Gasteiger partial charge in [-0.2, -0.15) is 0 Å². The van der Waals surface area contributed by atoms with Crippen LogP contribution in [0.3, 0.4) is 0 Å². The molecule has 1 atom stereocenters. The summed E-state index contributed by atoms with van der Waals surface area (Å²) in [7, 11) is 0. The minimum Gasteiger partial charge on any atom is -0.486 e. The van der Waals surface area contributed by atoms with Gasteiger partial charge in [-0.05, 0) is 36.2 Å². The third-order valence-electron chi connectivity index (χ3n) is 5.09. The molecule has 30 heavy (non-hydrogen) atoms. The maximum atomic E-state index is 12.8. The van der Waals surface area contributed by atoms with Crippen molar-refractivity contribution in [2.75, 3.05) is 13.1 Å². The van der Waals surface area contributed by atoms with Crippen molar-refractivity contribution in [3.63, 3.8) is 0 Å². The number of benzene rings is 2. The lowest BCUT2D eigenvalue weighted by molar-refractivity contribution is -0.128. The van der Waals surface area contributed by atoms with Gasteiger partial charge in [0.05, 0.1) is 6.04 Å². The number of amides is 2. The van der Waals surface area contributed by atoms with E-state index in [0.717, 1.165) is 24.3 Å². The van der Waals surface area contributed by atoms with E-state index in [9.17, 15) is 9.59 Å². The number of rotatable bonds is 8. The Balaban J connectivity index is 1.42. The quantitative estimate of drug-likeness (QED) is 0.617. The maximum Gasteiger partial charge on any atom is 0.287 e. The van der Waals surface area contributed by atoms with Crippen molar-refractivity contribution in [2.24, 2.45) is 0 Å². The Morgan fingerprint density at radius 1 is 1.03 bits per heavy atom. The molecular formula is C24H24N2O4. The van der Waals surface area contributed by atoms with Crippen LogP contribution < -0.4 is 10.1 Å². The number of nitrogens with zero attached hydrogens (tertiary/aromatic N) is 1. The molecule has 1 aromatic heterocycles.